The quantitative estimate of drug-likeness (QED) is 0.776. The van der Waals surface area contributed by atoms with Crippen LogP contribution in [0.5, 0.6) is 0 Å². The second-order valence-corrected chi connectivity index (χ2v) is 5.79. The molecule has 0 spiro atoms. The highest BCUT2D eigenvalue weighted by Crippen LogP contribution is 2.31. The van der Waals surface area contributed by atoms with Crippen molar-refractivity contribution >= 4 is 33.5 Å². The summed E-state index contributed by atoms with van der Waals surface area (Å²) in [4.78, 5) is 27.8. The number of nitrogens with one attached hydrogen (secondary N) is 1. The lowest BCUT2D eigenvalue weighted by atomic mass is 10.1. The number of fused-ring (bicyclic) bond motifs is 3. The highest BCUT2D eigenvalue weighted by atomic mass is 16.2. The number of anilines is 1. The fraction of sp³-hybridized carbons (Fsp3) is 0.294. The molecule has 0 radical (unpaired) electrons. The molecule has 7 heteroatoms. The lowest BCUT2D eigenvalue weighted by molar-refractivity contribution is -0.130. The Bertz CT molecular complexity index is 949. The topological polar surface area (TPSA) is 88.9 Å². The average molecular weight is 320 g/mol. The van der Waals surface area contributed by atoms with Gasteiger partial charge in [-0.3, -0.25) is 9.78 Å². The van der Waals surface area contributed by atoms with E-state index in [0.717, 1.165) is 40.7 Å². The van der Waals surface area contributed by atoms with E-state index in [-0.39, 0.29) is 12.3 Å². The monoisotopic (exact) mass is 320 g/mol. The smallest absolute Gasteiger partial charge is 0.236 e. The van der Waals surface area contributed by atoms with Gasteiger partial charge in [-0.25, -0.2) is 4.98 Å². The number of hydrogen-bond acceptors (Lipinski definition) is 5. The van der Waals surface area contributed by atoms with Gasteiger partial charge in [0.15, 0.2) is 0 Å². The van der Waals surface area contributed by atoms with Crippen LogP contribution in [0.2, 0.25) is 0 Å². The van der Waals surface area contributed by atoms with Gasteiger partial charge in [-0.1, -0.05) is 0 Å². The number of nitrogens with zero attached hydrogens (tertiary/aromatic N) is 5. The van der Waals surface area contributed by atoms with Crippen molar-refractivity contribution in [3.8, 4) is 6.07 Å². The summed E-state index contributed by atoms with van der Waals surface area (Å²) >= 11 is 0. The van der Waals surface area contributed by atoms with Gasteiger partial charge < -0.3 is 14.8 Å². The molecule has 1 saturated heterocycles. The van der Waals surface area contributed by atoms with Crippen molar-refractivity contribution < 1.29 is 4.79 Å². The Labute approximate surface area is 138 Å². The van der Waals surface area contributed by atoms with Crippen molar-refractivity contribution in [1.29, 1.82) is 5.26 Å². The van der Waals surface area contributed by atoms with Crippen molar-refractivity contribution in [3.05, 3.63) is 30.7 Å². The molecule has 4 rings (SSSR count). The first kappa shape index (κ1) is 14.5. The van der Waals surface area contributed by atoms with Crippen LogP contribution in [0.3, 0.4) is 0 Å². The molecule has 0 unspecified atom stereocenters. The van der Waals surface area contributed by atoms with Gasteiger partial charge in [-0.15, -0.1) is 0 Å². The Balaban J connectivity index is 1.67. The predicted molar refractivity (Wildman–Crippen MR) is 90.4 cm³/mol. The van der Waals surface area contributed by atoms with Gasteiger partial charge in [0.25, 0.3) is 0 Å². The largest absolute Gasteiger partial charge is 0.367 e. The normalized spacial score (nSPS) is 15.0. The fourth-order valence-corrected chi connectivity index (χ4v) is 3.28. The van der Waals surface area contributed by atoms with Crippen LogP contribution in [0, 0.1) is 11.3 Å². The summed E-state index contributed by atoms with van der Waals surface area (Å²) < 4.78 is 0. The number of carbonyl (C=O) groups excluding carboxylic acids is 1. The number of piperazine rings is 1. The summed E-state index contributed by atoms with van der Waals surface area (Å²) in [6, 6.07) is 5.96. The molecule has 1 N–H and O–H groups in total. The zero-order valence-electron chi connectivity index (χ0n) is 13.1. The molecule has 4 heterocycles. The third-order valence-electron chi connectivity index (χ3n) is 4.47. The van der Waals surface area contributed by atoms with E-state index in [1.165, 1.54) is 0 Å². The molecule has 1 aliphatic heterocycles. The molecule has 24 heavy (non-hydrogen) atoms. The van der Waals surface area contributed by atoms with E-state index in [1.807, 2.05) is 24.4 Å². The van der Waals surface area contributed by atoms with E-state index in [0.29, 0.717) is 13.1 Å². The maximum absolute atomic E-state index is 11.9. The number of rotatable bonds is 2. The molecular weight excluding hydrogens is 304 g/mol. The van der Waals surface area contributed by atoms with Crippen LogP contribution in [0.4, 0.5) is 5.69 Å². The summed E-state index contributed by atoms with van der Waals surface area (Å²) in [5, 5.41) is 10.8. The van der Waals surface area contributed by atoms with Gasteiger partial charge in [0, 0.05) is 55.0 Å². The second kappa shape index (κ2) is 5.81. The van der Waals surface area contributed by atoms with Crippen molar-refractivity contribution in [2.24, 2.45) is 0 Å². The summed E-state index contributed by atoms with van der Waals surface area (Å²) in [5.74, 6) is -0.0889. The molecule has 7 nitrogen and oxygen atoms in total. The minimum Gasteiger partial charge on any atom is -0.367 e. The Morgan fingerprint density at radius 1 is 1.25 bits per heavy atom. The van der Waals surface area contributed by atoms with Gasteiger partial charge in [0.2, 0.25) is 5.91 Å². The van der Waals surface area contributed by atoms with Crippen molar-refractivity contribution in [1.82, 2.24) is 19.9 Å². The van der Waals surface area contributed by atoms with E-state index in [9.17, 15) is 4.79 Å². The SMILES string of the molecule is N#CCC(=O)N1CCN(c2ccnc3cnc4[nH]ccc4c23)CC1. The number of amides is 1. The summed E-state index contributed by atoms with van der Waals surface area (Å²) in [6.45, 7) is 2.74. The second-order valence-electron chi connectivity index (χ2n) is 5.79. The third-order valence-corrected chi connectivity index (χ3v) is 4.47. The number of pyridine rings is 2. The van der Waals surface area contributed by atoms with Crippen LogP contribution in [-0.2, 0) is 4.79 Å². The van der Waals surface area contributed by atoms with E-state index >= 15 is 0 Å². The number of hydrogen-bond donors (Lipinski definition) is 1. The van der Waals surface area contributed by atoms with E-state index < -0.39 is 0 Å². The molecule has 0 aromatic carbocycles. The molecule has 1 amide bonds. The van der Waals surface area contributed by atoms with Gasteiger partial charge in [0.1, 0.15) is 12.1 Å². The van der Waals surface area contributed by atoms with Crippen LogP contribution in [0.25, 0.3) is 21.9 Å². The first-order valence-electron chi connectivity index (χ1n) is 7.88. The van der Waals surface area contributed by atoms with Crippen LogP contribution >= 0.6 is 0 Å². The minimum absolute atomic E-state index is 0.0478. The molecule has 120 valence electrons. The Hall–Kier alpha value is -3.14. The zero-order chi connectivity index (χ0) is 16.5. The van der Waals surface area contributed by atoms with Crippen molar-refractivity contribution in [2.75, 3.05) is 31.1 Å². The van der Waals surface area contributed by atoms with Crippen LogP contribution < -0.4 is 4.90 Å². The molecule has 0 aliphatic carbocycles. The molecule has 1 fully saturated rings. The molecule has 3 aromatic heterocycles. The Kier molecular flexibility index (Phi) is 3.50. The van der Waals surface area contributed by atoms with Gasteiger partial charge >= 0.3 is 0 Å². The number of nitriles is 1. The number of carbonyl (C=O) groups is 1. The maximum Gasteiger partial charge on any atom is 0.236 e. The van der Waals surface area contributed by atoms with Crippen LogP contribution in [0.15, 0.2) is 30.7 Å². The number of aromatic nitrogens is 3. The van der Waals surface area contributed by atoms with Gasteiger partial charge in [0.05, 0.1) is 17.8 Å². The molecule has 0 saturated carbocycles. The highest BCUT2D eigenvalue weighted by molar-refractivity contribution is 6.10. The van der Waals surface area contributed by atoms with Crippen LogP contribution in [0.1, 0.15) is 6.42 Å². The molecular formula is C17H16N6O. The first-order chi connectivity index (χ1) is 11.8. The van der Waals surface area contributed by atoms with Crippen LogP contribution in [-0.4, -0.2) is 51.9 Å². The lowest BCUT2D eigenvalue weighted by Gasteiger charge is -2.36. The number of aromatic amines is 1. The molecule has 3 aromatic rings. The summed E-state index contributed by atoms with van der Waals surface area (Å²) in [6.07, 6.45) is 5.41. The summed E-state index contributed by atoms with van der Waals surface area (Å²) in [7, 11) is 0. The average Bonchev–Trinajstić information content (AvgIpc) is 3.10. The zero-order valence-corrected chi connectivity index (χ0v) is 13.1. The van der Waals surface area contributed by atoms with E-state index in [1.54, 1.807) is 17.3 Å². The van der Waals surface area contributed by atoms with Crippen molar-refractivity contribution in [2.45, 2.75) is 6.42 Å². The van der Waals surface area contributed by atoms with Crippen molar-refractivity contribution in [3.63, 3.8) is 0 Å². The fourth-order valence-electron chi connectivity index (χ4n) is 3.28. The van der Waals surface area contributed by atoms with Gasteiger partial charge in [-0.2, -0.15) is 5.26 Å². The molecule has 1 aliphatic rings. The minimum atomic E-state index is -0.0889. The number of H-pyrrole nitrogens is 1. The van der Waals surface area contributed by atoms with E-state index in [4.69, 9.17) is 5.26 Å². The van der Waals surface area contributed by atoms with Gasteiger partial charge in [-0.05, 0) is 12.1 Å². The van der Waals surface area contributed by atoms with E-state index in [2.05, 4.69) is 19.9 Å². The summed E-state index contributed by atoms with van der Waals surface area (Å²) in [5.41, 5.74) is 2.82. The Morgan fingerprint density at radius 3 is 2.88 bits per heavy atom. The molecule has 0 atom stereocenters. The Morgan fingerprint density at radius 2 is 2.08 bits per heavy atom. The predicted octanol–water partition coefficient (Wildman–Crippen LogP) is 1.67. The molecule has 0 bridgehead atoms. The standard InChI is InChI=1S/C17H16N6O/c18-4-1-15(24)23-9-7-22(8-10-23)14-3-6-19-13-11-21-17-12(16(13)14)2-5-20-17/h2-3,5-6,11H,1,7-10H2,(H,20,21). The maximum atomic E-state index is 11.9. The first-order valence-corrected chi connectivity index (χ1v) is 7.88. The highest BCUT2D eigenvalue weighted by Gasteiger charge is 2.22. The third kappa shape index (κ3) is 2.33. The lowest BCUT2D eigenvalue weighted by Crippen LogP contribution is -2.48.